The summed E-state index contributed by atoms with van der Waals surface area (Å²) < 4.78 is 23.0. The second-order valence-corrected chi connectivity index (χ2v) is 20.8. The van der Waals surface area contributed by atoms with Crippen LogP contribution in [-0.2, 0) is 23.7 Å². The van der Waals surface area contributed by atoms with Crippen molar-refractivity contribution in [2.24, 2.45) is 0 Å². The van der Waals surface area contributed by atoms with E-state index in [1.54, 1.807) is 0 Å². The average molecular weight is 1040 g/mol. The fraction of sp³-hybridized carbons (Fsp3) is 0.769. The number of ether oxygens (including phenoxy) is 4. The van der Waals surface area contributed by atoms with Gasteiger partial charge >= 0.3 is 5.97 Å². The van der Waals surface area contributed by atoms with E-state index >= 15 is 0 Å². The minimum absolute atomic E-state index is 0.118. The average Bonchev–Trinajstić information content (AvgIpc) is 3.40. The third-order valence-corrected chi connectivity index (χ3v) is 13.8. The monoisotopic (exact) mass is 1040 g/mol. The van der Waals surface area contributed by atoms with Gasteiger partial charge in [0.2, 0.25) is 0 Å². The lowest BCUT2D eigenvalue weighted by atomic mass is 9.99. The number of esters is 1. The van der Waals surface area contributed by atoms with Crippen molar-refractivity contribution in [2.75, 3.05) is 26.4 Å². The van der Waals surface area contributed by atoms with E-state index < -0.39 is 43.4 Å². The highest BCUT2D eigenvalue weighted by Gasteiger charge is 2.44. The maximum Gasteiger partial charge on any atom is 0.306 e. The molecule has 1 saturated heterocycles. The Balaban J connectivity index is 2.14. The Morgan fingerprint density at radius 1 is 0.446 bits per heavy atom. The van der Waals surface area contributed by atoms with Crippen LogP contribution in [0.3, 0.4) is 0 Å². The van der Waals surface area contributed by atoms with Gasteiger partial charge in [0.1, 0.15) is 30.5 Å². The predicted octanol–water partition coefficient (Wildman–Crippen LogP) is 16.5. The van der Waals surface area contributed by atoms with Gasteiger partial charge in [-0.05, 0) is 89.9 Å². The second kappa shape index (κ2) is 55.1. The molecule has 0 spiro atoms. The summed E-state index contributed by atoms with van der Waals surface area (Å²) in [6, 6.07) is 0. The summed E-state index contributed by atoms with van der Waals surface area (Å²) in [7, 11) is 0. The van der Waals surface area contributed by atoms with Crippen LogP contribution in [0.25, 0.3) is 0 Å². The molecular formula is C65H114O9. The van der Waals surface area contributed by atoms with Crippen molar-refractivity contribution >= 4 is 5.97 Å². The van der Waals surface area contributed by atoms with Crippen LogP contribution in [0, 0.1) is 0 Å². The molecule has 0 aromatic rings. The fourth-order valence-electron chi connectivity index (χ4n) is 9.08. The number of allylic oxidation sites excluding steroid dienone is 14. The molecule has 9 nitrogen and oxygen atoms in total. The number of hydrogen-bond donors (Lipinski definition) is 4. The van der Waals surface area contributed by atoms with Crippen molar-refractivity contribution in [3.63, 3.8) is 0 Å². The summed E-state index contributed by atoms with van der Waals surface area (Å²) in [5.74, 6) is -0.317. The number of carbonyl (C=O) groups is 1. The lowest BCUT2D eigenvalue weighted by molar-refractivity contribution is -0.305. The third-order valence-electron chi connectivity index (χ3n) is 13.8. The molecule has 1 aliphatic rings. The first-order valence-corrected chi connectivity index (χ1v) is 30.7. The Kier molecular flexibility index (Phi) is 51.7. The predicted molar refractivity (Wildman–Crippen MR) is 311 cm³/mol. The summed E-state index contributed by atoms with van der Waals surface area (Å²) in [4.78, 5) is 12.9. The van der Waals surface area contributed by atoms with Gasteiger partial charge in [0.05, 0.1) is 19.8 Å². The van der Waals surface area contributed by atoms with Gasteiger partial charge in [-0.15, -0.1) is 0 Å². The first-order valence-electron chi connectivity index (χ1n) is 30.7. The van der Waals surface area contributed by atoms with Crippen molar-refractivity contribution < 1.29 is 44.2 Å². The van der Waals surface area contributed by atoms with Gasteiger partial charge in [0.15, 0.2) is 6.29 Å². The topological polar surface area (TPSA) is 135 Å². The van der Waals surface area contributed by atoms with Gasteiger partial charge < -0.3 is 39.4 Å². The molecule has 0 saturated carbocycles. The Hall–Kier alpha value is -2.63. The van der Waals surface area contributed by atoms with Gasteiger partial charge in [-0.25, -0.2) is 0 Å². The van der Waals surface area contributed by atoms with Crippen molar-refractivity contribution in [2.45, 2.75) is 295 Å². The van der Waals surface area contributed by atoms with E-state index in [4.69, 9.17) is 18.9 Å². The molecule has 0 bridgehead atoms. The zero-order valence-electron chi connectivity index (χ0n) is 47.6. The standard InChI is InChI=1S/C65H114O9/c1-3-5-7-9-11-13-15-17-19-21-23-25-27-29-31-33-35-37-39-41-43-45-47-49-51-53-55-71-57-59(58-72-65-64(70)63(69)62(68)60(56-66)74-65)73-61(67)54-52-50-48-46-44-42-40-38-36-34-32-30-28-26-24-22-20-18-16-14-12-10-8-6-4-2/h6,8,12,14-15,17-18,20-21,23-24,26-27,29,59-60,62-66,68-70H,3-5,7,9-11,13,16,19,22,25,28,30-58H2,1-2H3/b8-6-,14-12-,17-15-,20-18-,23-21-,26-24-,29-27-. The van der Waals surface area contributed by atoms with Gasteiger partial charge in [-0.2, -0.15) is 0 Å². The first kappa shape index (κ1) is 69.4. The maximum atomic E-state index is 12.9. The van der Waals surface area contributed by atoms with Crippen LogP contribution < -0.4 is 0 Å². The molecule has 0 radical (unpaired) electrons. The second-order valence-electron chi connectivity index (χ2n) is 20.8. The number of carbonyl (C=O) groups excluding carboxylic acids is 1. The van der Waals surface area contributed by atoms with Crippen molar-refractivity contribution in [1.29, 1.82) is 0 Å². The van der Waals surface area contributed by atoms with Gasteiger partial charge in [0, 0.05) is 13.0 Å². The van der Waals surface area contributed by atoms with Crippen molar-refractivity contribution in [1.82, 2.24) is 0 Å². The Morgan fingerprint density at radius 3 is 1.24 bits per heavy atom. The highest BCUT2D eigenvalue weighted by atomic mass is 16.7. The normalized spacial score (nSPS) is 19.1. The number of rotatable bonds is 53. The van der Waals surface area contributed by atoms with E-state index in [9.17, 15) is 25.2 Å². The molecule has 1 fully saturated rings. The van der Waals surface area contributed by atoms with E-state index in [1.165, 1.54) is 167 Å². The minimum atomic E-state index is -1.54. The fourth-order valence-corrected chi connectivity index (χ4v) is 9.08. The van der Waals surface area contributed by atoms with Crippen LogP contribution >= 0.6 is 0 Å². The number of unbranched alkanes of at least 4 members (excludes halogenated alkanes) is 28. The SMILES string of the molecule is CC/C=C\C/C=C\C/C=C\C/C=C\CCCCCCCCCCCCCCC(=O)OC(COCCCCCCCCCCCCC/C=C\C/C=C\C/C=C\CCCCCCC)COC1OC(CO)C(O)C(O)C1O. The van der Waals surface area contributed by atoms with E-state index in [-0.39, 0.29) is 19.2 Å². The van der Waals surface area contributed by atoms with E-state index in [1.807, 2.05) is 0 Å². The molecule has 4 N–H and O–H groups in total. The highest BCUT2D eigenvalue weighted by molar-refractivity contribution is 5.69. The van der Waals surface area contributed by atoms with E-state index in [0.29, 0.717) is 13.0 Å². The van der Waals surface area contributed by atoms with Crippen molar-refractivity contribution in [3.05, 3.63) is 85.1 Å². The zero-order valence-corrected chi connectivity index (χ0v) is 47.6. The molecule has 0 amide bonds. The van der Waals surface area contributed by atoms with Crippen molar-refractivity contribution in [3.8, 4) is 0 Å². The van der Waals surface area contributed by atoms with Gasteiger partial charge in [-0.3, -0.25) is 4.79 Å². The van der Waals surface area contributed by atoms with Crippen LogP contribution in [0.1, 0.15) is 258 Å². The summed E-state index contributed by atoms with van der Waals surface area (Å²) in [5.41, 5.74) is 0. The maximum absolute atomic E-state index is 12.9. The highest BCUT2D eigenvalue weighted by Crippen LogP contribution is 2.23. The van der Waals surface area contributed by atoms with Crippen LogP contribution in [0.2, 0.25) is 0 Å². The van der Waals surface area contributed by atoms with Crippen LogP contribution in [0.15, 0.2) is 85.1 Å². The smallest absolute Gasteiger partial charge is 0.306 e. The molecule has 9 heteroatoms. The Bertz CT molecular complexity index is 1420. The van der Waals surface area contributed by atoms with E-state index in [0.717, 1.165) is 70.6 Å². The minimum Gasteiger partial charge on any atom is -0.457 e. The molecule has 0 aliphatic carbocycles. The summed E-state index contributed by atoms with van der Waals surface area (Å²) in [6.07, 6.45) is 69.2. The summed E-state index contributed by atoms with van der Waals surface area (Å²) in [6.45, 7) is 4.45. The molecule has 6 unspecified atom stereocenters. The number of aliphatic hydroxyl groups is 4. The first-order chi connectivity index (χ1) is 36.4. The quantitative estimate of drug-likeness (QED) is 0.0267. The van der Waals surface area contributed by atoms with Gasteiger partial charge in [0.25, 0.3) is 0 Å². The number of hydrogen-bond acceptors (Lipinski definition) is 9. The summed E-state index contributed by atoms with van der Waals surface area (Å²) >= 11 is 0. The molecule has 74 heavy (non-hydrogen) atoms. The summed E-state index contributed by atoms with van der Waals surface area (Å²) in [5, 5.41) is 40.4. The molecule has 1 heterocycles. The largest absolute Gasteiger partial charge is 0.457 e. The lowest BCUT2D eigenvalue weighted by Gasteiger charge is -2.39. The molecule has 1 rings (SSSR count). The van der Waals surface area contributed by atoms with Gasteiger partial charge in [-0.1, -0.05) is 247 Å². The lowest BCUT2D eigenvalue weighted by Crippen LogP contribution is -2.59. The molecule has 428 valence electrons. The Morgan fingerprint density at radius 2 is 0.824 bits per heavy atom. The van der Waals surface area contributed by atoms with Crippen LogP contribution in [0.5, 0.6) is 0 Å². The third kappa shape index (κ3) is 44.5. The molecular weight excluding hydrogens is 925 g/mol. The van der Waals surface area contributed by atoms with E-state index in [2.05, 4.69) is 98.9 Å². The zero-order chi connectivity index (χ0) is 53.5. The molecule has 1 aliphatic heterocycles. The van der Waals surface area contributed by atoms with Crippen LogP contribution in [0.4, 0.5) is 0 Å². The van der Waals surface area contributed by atoms with Crippen LogP contribution in [-0.4, -0.2) is 89.6 Å². The molecule has 6 atom stereocenters. The number of aliphatic hydroxyl groups excluding tert-OH is 4. The molecule has 0 aromatic carbocycles. The molecule has 0 aromatic heterocycles. The Labute approximate surface area is 454 Å².